The minimum atomic E-state index is -3.75. The highest BCUT2D eigenvalue weighted by atomic mass is 32.2. The third kappa shape index (κ3) is 2.95. The lowest BCUT2D eigenvalue weighted by atomic mass is 10.3. The molecule has 0 radical (unpaired) electrons. The van der Waals surface area contributed by atoms with E-state index in [1.54, 1.807) is 0 Å². The van der Waals surface area contributed by atoms with Gasteiger partial charge in [0.25, 0.3) is 0 Å². The van der Waals surface area contributed by atoms with Crippen molar-refractivity contribution in [2.75, 3.05) is 31.0 Å². The van der Waals surface area contributed by atoms with Crippen LogP contribution in [0.3, 0.4) is 0 Å². The molecule has 18 heavy (non-hydrogen) atoms. The Hall–Kier alpha value is -1.25. The summed E-state index contributed by atoms with van der Waals surface area (Å²) in [6, 6.07) is 2.83. The second-order valence-electron chi connectivity index (χ2n) is 3.75. The van der Waals surface area contributed by atoms with Crippen LogP contribution in [0.2, 0.25) is 0 Å². The molecule has 1 aliphatic rings. The minimum Gasteiger partial charge on any atom is -0.379 e. The van der Waals surface area contributed by atoms with E-state index in [9.17, 15) is 17.2 Å². The molecule has 1 fully saturated rings. The van der Waals surface area contributed by atoms with E-state index in [1.807, 2.05) is 0 Å². The summed E-state index contributed by atoms with van der Waals surface area (Å²) in [6.07, 6.45) is 0. The fourth-order valence-corrected chi connectivity index (χ4v) is 2.74. The van der Waals surface area contributed by atoms with Crippen LogP contribution in [0.25, 0.3) is 0 Å². The largest absolute Gasteiger partial charge is 0.379 e. The first-order chi connectivity index (χ1) is 8.49. The van der Waals surface area contributed by atoms with Crippen molar-refractivity contribution in [3.63, 3.8) is 0 Å². The van der Waals surface area contributed by atoms with Crippen molar-refractivity contribution >= 4 is 15.9 Å². The summed E-state index contributed by atoms with van der Waals surface area (Å²) in [5, 5.41) is 0. The van der Waals surface area contributed by atoms with Crippen LogP contribution < -0.4 is 4.72 Å². The van der Waals surface area contributed by atoms with E-state index in [4.69, 9.17) is 4.74 Å². The van der Waals surface area contributed by atoms with E-state index in [0.717, 1.165) is 18.2 Å². The predicted octanol–water partition coefficient (Wildman–Crippen LogP) is 0.954. The smallest absolute Gasteiger partial charge is 0.301 e. The van der Waals surface area contributed by atoms with Crippen LogP contribution in [0.4, 0.5) is 14.5 Å². The summed E-state index contributed by atoms with van der Waals surface area (Å²) < 4.78 is 57.9. The predicted molar refractivity (Wildman–Crippen MR) is 61.3 cm³/mol. The van der Waals surface area contributed by atoms with Gasteiger partial charge in [-0.2, -0.15) is 12.7 Å². The van der Waals surface area contributed by atoms with E-state index < -0.39 is 21.8 Å². The monoisotopic (exact) mass is 278 g/mol. The zero-order valence-electron chi connectivity index (χ0n) is 9.40. The van der Waals surface area contributed by atoms with Gasteiger partial charge in [-0.25, -0.2) is 8.78 Å². The number of morpholine rings is 1. The molecular formula is C10H12F2N2O3S. The van der Waals surface area contributed by atoms with Crippen LogP contribution in [-0.2, 0) is 14.9 Å². The summed E-state index contributed by atoms with van der Waals surface area (Å²) in [5.74, 6) is -2.12. The van der Waals surface area contributed by atoms with Gasteiger partial charge < -0.3 is 4.74 Å². The Morgan fingerprint density at radius 1 is 1.17 bits per heavy atom. The minimum absolute atomic E-state index is 0.0135. The Kier molecular flexibility index (Phi) is 3.79. The molecule has 100 valence electrons. The van der Waals surface area contributed by atoms with Gasteiger partial charge in [0.15, 0.2) is 11.6 Å². The summed E-state index contributed by atoms with van der Waals surface area (Å²) in [6.45, 7) is 1.11. The second kappa shape index (κ2) is 5.17. The number of hydrogen-bond acceptors (Lipinski definition) is 3. The molecule has 8 heteroatoms. The third-order valence-electron chi connectivity index (χ3n) is 2.48. The molecule has 0 bridgehead atoms. The Balaban J connectivity index is 2.13. The van der Waals surface area contributed by atoms with Crippen molar-refractivity contribution in [1.82, 2.24) is 4.31 Å². The quantitative estimate of drug-likeness (QED) is 0.895. The van der Waals surface area contributed by atoms with Crippen molar-refractivity contribution in [2.24, 2.45) is 0 Å². The van der Waals surface area contributed by atoms with E-state index in [-0.39, 0.29) is 18.8 Å². The normalized spacial score (nSPS) is 17.7. The first-order valence-electron chi connectivity index (χ1n) is 5.30. The first kappa shape index (κ1) is 13.2. The Morgan fingerprint density at radius 2 is 1.83 bits per heavy atom. The lowest BCUT2D eigenvalue weighted by Crippen LogP contribution is -2.43. The first-order valence-corrected chi connectivity index (χ1v) is 6.74. The molecule has 0 spiro atoms. The molecule has 1 saturated heterocycles. The number of nitrogens with one attached hydrogen (secondary N) is 1. The maximum absolute atomic E-state index is 13.0. The Bertz CT molecular complexity index is 530. The highest BCUT2D eigenvalue weighted by Crippen LogP contribution is 2.16. The van der Waals surface area contributed by atoms with Crippen molar-refractivity contribution in [3.8, 4) is 0 Å². The number of halogens is 2. The number of nitrogens with zero attached hydrogens (tertiary/aromatic N) is 1. The number of rotatable bonds is 3. The van der Waals surface area contributed by atoms with Gasteiger partial charge in [-0.05, 0) is 12.1 Å². The van der Waals surface area contributed by atoms with Crippen molar-refractivity contribution in [1.29, 1.82) is 0 Å². The summed E-state index contributed by atoms with van der Waals surface area (Å²) in [7, 11) is -3.75. The van der Waals surface area contributed by atoms with Gasteiger partial charge in [-0.15, -0.1) is 0 Å². The maximum atomic E-state index is 13.0. The zero-order chi connectivity index (χ0) is 13.2. The van der Waals surface area contributed by atoms with Crippen LogP contribution in [0.15, 0.2) is 18.2 Å². The standard InChI is InChI=1S/C10H12F2N2O3S/c11-9-2-1-8(7-10(9)12)13-18(15,16)14-3-5-17-6-4-14/h1-2,7,13H,3-6H2. The molecule has 1 heterocycles. The van der Waals surface area contributed by atoms with Crippen LogP contribution >= 0.6 is 0 Å². The molecule has 1 aromatic rings. The second-order valence-corrected chi connectivity index (χ2v) is 5.42. The number of anilines is 1. The molecule has 0 unspecified atom stereocenters. The number of benzene rings is 1. The van der Waals surface area contributed by atoms with Gasteiger partial charge in [0, 0.05) is 19.2 Å². The molecule has 1 N–H and O–H groups in total. The lowest BCUT2D eigenvalue weighted by molar-refractivity contribution is 0.0733. The summed E-state index contributed by atoms with van der Waals surface area (Å²) in [4.78, 5) is 0. The van der Waals surface area contributed by atoms with Crippen LogP contribution in [0, 0.1) is 11.6 Å². The van der Waals surface area contributed by atoms with Gasteiger partial charge in [0.05, 0.1) is 18.9 Å². The molecule has 5 nitrogen and oxygen atoms in total. The lowest BCUT2D eigenvalue weighted by Gasteiger charge is -2.26. The zero-order valence-corrected chi connectivity index (χ0v) is 10.2. The highest BCUT2D eigenvalue weighted by Gasteiger charge is 2.24. The fraction of sp³-hybridized carbons (Fsp3) is 0.400. The SMILES string of the molecule is O=S(=O)(Nc1ccc(F)c(F)c1)N1CCOCC1. The third-order valence-corrected chi connectivity index (χ3v) is 4.02. The van der Waals surface area contributed by atoms with E-state index in [0.29, 0.717) is 13.2 Å². The van der Waals surface area contributed by atoms with E-state index in [2.05, 4.69) is 4.72 Å². The van der Waals surface area contributed by atoms with Gasteiger partial charge in [0.2, 0.25) is 0 Å². The van der Waals surface area contributed by atoms with Crippen LogP contribution in [0.1, 0.15) is 0 Å². The molecule has 0 saturated carbocycles. The summed E-state index contributed by atoms with van der Waals surface area (Å²) in [5.41, 5.74) is -0.0135. The maximum Gasteiger partial charge on any atom is 0.301 e. The summed E-state index contributed by atoms with van der Waals surface area (Å²) >= 11 is 0. The van der Waals surface area contributed by atoms with Crippen molar-refractivity contribution in [2.45, 2.75) is 0 Å². The fourth-order valence-electron chi connectivity index (χ4n) is 1.56. The number of hydrogen-bond donors (Lipinski definition) is 1. The number of ether oxygens (including phenoxy) is 1. The van der Waals surface area contributed by atoms with Gasteiger partial charge in [-0.3, -0.25) is 4.72 Å². The van der Waals surface area contributed by atoms with E-state index in [1.165, 1.54) is 4.31 Å². The Morgan fingerprint density at radius 3 is 2.44 bits per heavy atom. The molecule has 1 aromatic carbocycles. The molecular weight excluding hydrogens is 266 g/mol. The van der Waals surface area contributed by atoms with Gasteiger partial charge in [-0.1, -0.05) is 0 Å². The van der Waals surface area contributed by atoms with Crippen molar-refractivity contribution in [3.05, 3.63) is 29.8 Å². The van der Waals surface area contributed by atoms with Crippen LogP contribution in [-0.4, -0.2) is 39.0 Å². The van der Waals surface area contributed by atoms with Crippen molar-refractivity contribution < 1.29 is 21.9 Å². The Labute approximate surface area is 104 Å². The molecule has 2 rings (SSSR count). The molecule has 0 aliphatic carbocycles. The average molecular weight is 278 g/mol. The topological polar surface area (TPSA) is 58.6 Å². The van der Waals surface area contributed by atoms with Crippen LogP contribution in [0.5, 0.6) is 0 Å². The van der Waals surface area contributed by atoms with Gasteiger partial charge >= 0.3 is 10.2 Å². The molecule has 1 aliphatic heterocycles. The molecule has 0 atom stereocenters. The average Bonchev–Trinajstić information content (AvgIpc) is 2.35. The molecule has 0 amide bonds. The van der Waals surface area contributed by atoms with Gasteiger partial charge in [0.1, 0.15) is 0 Å². The molecule has 0 aromatic heterocycles. The van der Waals surface area contributed by atoms with E-state index >= 15 is 0 Å². The highest BCUT2D eigenvalue weighted by molar-refractivity contribution is 7.90.